The van der Waals surface area contributed by atoms with Crippen LogP contribution in [-0.4, -0.2) is 19.1 Å². The summed E-state index contributed by atoms with van der Waals surface area (Å²) >= 11 is 5.89. The molecule has 0 heterocycles. The number of amides is 2. The molecule has 5 nitrogen and oxygen atoms in total. The maximum absolute atomic E-state index is 13.5. The number of carbonyl (C=O) groups is 2. The molecule has 24 heavy (non-hydrogen) atoms. The second-order valence-corrected chi connectivity index (χ2v) is 4.90. The predicted octanol–water partition coefficient (Wildman–Crippen LogP) is 4.19. The van der Waals surface area contributed by atoms with Crippen molar-refractivity contribution in [2.75, 3.05) is 17.7 Å². The van der Waals surface area contributed by atoms with Crippen LogP contribution in [-0.2, 0) is 4.74 Å². The lowest BCUT2D eigenvalue weighted by atomic mass is 10.2. The molecule has 126 valence electrons. The van der Waals surface area contributed by atoms with Crippen LogP contribution in [0.1, 0.15) is 10.4 Å². The molecule has 0 spiro atoms. The summed E-state index contributed by atoms with van der Waals surface area (Å²) in [5.41, 5.74) is -0.400. The molecule has 0 aliphatic heterocycles. The lowest BCUT2D eigenvalue weighted by Crippen LogP contribution is -2.21. The summed E-state index contributed by atoms with van der Waals surface area (Å²) in [6, 6.07) is 4.53. The average molecular weight is 359 g/mol. The van der Waals surface area contributed by atoms with Gasteiger partial charge in [0.2, 0.25) is 0 Å². The Bertz CT molecular complexity index is 815. The van der Waals surface area contributed by atoms with E-state index < -0.39 is 35.1 Å². The number of esters is 1. The summed E-state index contributed by atoms with van der Waals surface area (Å²) in [7, 11) is 1.18. The van der Waals surface area contributed by atoms with E-state index in [4.69, 9.17) is 11.6 Å². The number of urea groups is 1. The number of ether oxygens (including phenoxy) is 1. The number of anilines is 2. The van der Waals surface area contributed by atoms with Crippen LogP contribution in [0.2, 0.25) is 5.02 Å². The third-order valence-electron chi connectivity index (χ3n) is 2.92. The van der Waals surface area contributed by atoms with E-state index in [9.17, 15) is 22.8 Å². The third-order valence-corrected chi connectivity index (χ3v) is 3.25. The molecule has 0 aliphatic rings. The van der Waals surface area contributed by atoms with Gasteiger partial charge in [-0.2, -0.15) is 0 Å². The Morgan fingerprint density at radius 3 is 2.33 bits per heavy atom. The smallest absolute Gasteiger partial charge is 0.337 e. The van der Waals surface area contributed by atoms with Gasteiger partial charge in [0.15, 0.2) is 17.5 Å². The molecule has 2 N–H and O–H groups in total. The molecule has 2 rings (SSSR count). The quantitative estimate of drug-likeness (QED) is 0.638. The minimum Gasteiger partial charge on any atom is -0.465 e. The van der Waals surface area contributed by atoms with Gasteiger partial charge in [0.1, 0.15) is 0 Å². The molecular formula is C15H10ClF3N2O3. The van der Waals surface area contributed by atoms with Crippen molar-refractivity contribution in [1.29, 1.82) is 0 Å². The molecule has 9 heteroatoms. The topological polar surface area (TPSA) is 67.4 Å². The van der Waals surface area contributed by atoms with Gasteiger partial charge in [-0.3, -0.25) is 0 Å². The lowest BCUT2D eigenvalue weighted by molar-refractivity contribution is 0.0600. The molecular weight excluding hydrogens is 349 g/mol. The van der Waals surface area contributed by atoms with Crippen LogP contribution < -0.4 is 10.6 Å². The minimum atomic E-state index is -1.71. The fourth-order valence-corrected chi connectivity index (χ4v) is 1.93. The van der Waals surface area contributed by atoms with Crippen molar-refractivity contribution < 1.29 is 27.5 Å². The Morgan fingerprint density at radius 2 is 1.67 bits per heavy atom. The molecule has 0 atom stereocenters. The molecule has 0 bridgehead atoms. The first-order valence-corrected chi connectivity index (χ1v) is 6.80. The molecule has 2 aromatic rings. The Kier molecular flexibility index (Phi) is 5.30. The Hall–Kier alpha value is -2.74. The molecule has 0 aliphatic carbocycles. The van der Waals surface area contributed by atoms with E-state index in [0.29, 0.717) is 6.07 Å². The summed E-state index contributed by atoms with van der Waals surface area (Å²) in [5.74, 6) is -5.29. The number of halogens is 4. The normalized spacial score (nSPS) is 10.2. The highest BCUT2D eigenvalue weighted by atomic mass is 35.5. The molecule has 0 radical (unpaired) electrons. The number of nitrogens with one attached hydrogen (secondary N) is 2. The molecule has 0 fully saturated rings. The second-order valence-electron chi connectivity index (χ2n) is 4.49. The van der Waals surface area contributed by atoms with Gasteiger partial charge in [0.05, 0.1) is 29.1 Å². The largest absolute Gasteiger partial charge is 0.465 e. The number of hydrogen-bond acceptors (Lipinski definition) is 3. The second kappa shape index (κ2) is 7.22. The highest BCUT2D eigenvalue weighted by Crippen LogP contribution is 2.24. The maximum Gasteiger partial charge on any atom is 0.337 e. The zero-order chi connectivity index (χ0) is 17.9. The van der Waals surface area contributed by atoms with Gasteiger partial charge in [-0.1, -0.05) is 11.6 Å². The standard InChI is InChI=1S/C15H10ClF3N2O3/c1-24-14(22)7-2-3-8(16)11(6-7)21-15(23)20-10-5-4-9(17)12(18)13(10)19/h2-6H,1H3,(H2,20,21,23). The molecule has 0 saturated heterocycles. The van der Waals surface area contributed by atoms with Gasteiger partial charge < -0.3 is 15.4 Å². The van der Waals surface area contributed by atoms with E-state index in [1.165, 1.54) is 25.3 Å². The molecule has 2 aromatic carbocycles. The monoisotopic (exact) mass is 358 g/mol. The van der Waals surface area contributed by atoms with Crippen LogP contribution in [0.4, 0.5) is 29.3 Å². The van der Waals surface area contributed by atoms with E-state index in [1.807, 2.05) is 5.32 Å². The summed E-state index contributed by atoms with van der Waals surface area (Å²) in [6.07, 6.45) is 0. The van der Waals surface area contributed by atoms with Crippen molar-refractivity contribution in [1.82, 2.24) is 0 Å². The fraction of sp³-hybridized carbons (Fsp3) is 0.0667. The summed E-state index contributed by atoms with van der Waals surface area (Å²) in [5, 5.41) is 4.38. The van der Waals surface area contributed by atoms with Crippen molar-refractivity contribution >= 4 is 35.0 Å². The molecule has 2 amide bonds. The maximum atomic E-state index is 13.5. The molecule has 0 aromatic heterocycles. The van der Waals surface area contributed by atoms with E-state index in [-0.39, 0.29) is 16.3 Å². The van der Waals surface area contributed by atoms with Crippen LogP contribution in [0.15, 0.2) is 30.3 Å². The number of hydrogen-bond donors (Lipinski definition) is 2. The third kappa shape index (κ3) is 3.77. The molecule has 0 unspecified atom stereocenters. The van der Waals surface area contributed by atoms with Crippen molar-refractivity contribution in [3.05, 3.63) is 58.4 Å². The minimum absolute atomic E-state index is 0.0417. The van der Waals surface area contributed by atoms with E-state index >= 15 is 0 Å². The number of methoxy groups -OCH3 is 1. The van der Waals surface area contributed by atoms with Crippen LogP contribution in [0.3, 0.4) is 0 Å². The average Bonchev–Trinajstić information content (AvgIpc) is 2.56. The first-order valence-electron chi connectivity index (χ1n) is 6.43. The summed E-state index contributed by atoms with van der Waals surface area (Å²) in [6.45, 7) is 0. The zero-order valence-corrected chi connectivity index (χ0v) is 12.9. The Labute approximate surface area is 139 Å². The Balaban J connectivity index is 2.18. The summed E-state index contributed by atoms with van der Waals surface area (Å²) in [4.78, 5) is 23.3. The van der Waals surface area contributed by atoms with Crippen LogP contribution in [0.25, 0.3) is 0 Å². The van der Waals surface area contributed by atoms with E-state index in [1.54, 1.807) is 0 Å². The predicted molar refractivity (Wildman–Crippen MR) is 81.7 cm³/mol. The fourth-order valence-electron chi connectivity index (χ4n) is 1.76. The first kappa shape index (κ1) is 17.6. The summed E-state index contributed by atoms with van der Waals surface area (Å²) < 4.78 is 44.0. The van der Waals surface area contributed by atoms with Crippen molar-refractivity contribution in [3.8, 4) is 0 Å². The van der Waals surface area contributed by atoms with Gasteiger partial charge in [-0.15, -0.1) is 0 Å². The molecule has 0 saturated carbocycles. The van der Waals surface area contributed by atoms with Crippen molar-refractivity contribution in [2.24, 2.45) is 0 Å². The van der Waals surface area contributed by atoms with Crippen molar-refractivity contribution in [2.45, 2.75) is 0 Å². The lowest BCUT2D eigenvalue weighted by Gasteiger charge is -2.11. The van der Waals surface area contributed by atoms with Crippen LogP contribution in [0, 0.1) is 17.5 Å². The van der Waals surface area contributed by atoms with Crippen LogP contribution >= 0.6 is 11.6 Å². The highest BCUT2D eigenvalue weighted by Gasteiger charge is 2.16. The number of rotatable bonds is 3. The number of benzene rings is 2. The zero-order valence-electron chi connectivity index (χ0n) is 12.1. The van der Waals surface area contributed by atoms with Gasteiger partial charge in [-0.05, 0) is 30.3 Å². The Morgan fingerprint density at radius 1 is 1.00 bits per heavy atom. The van der Waals surface area contributed by atoms with Gasteiger partial charge in [0.25, 0.3) is 0 Å². The van der Waals surface area contributed by atoms with E-state index in [2.05, 4.69) is 10.1 Å². The van der Waals surface area contributed by atoms with Crippen LogP contribution in [0.5, 0.6) is 0 Å². The van der Waals surface area contributed by atoms with E-state index in [0.717, 1.165) is 6.07 Å². The SMILES string of the molecule is COC(=O)c1ccc(Cl)c(NC(=O)Nc2ccc(F)c(F)c2F)c1. The van der Waals surface area contributed by atoms with Gasteiger partial charge >= 0.3 is 12.0 Å². The number of carbonyl (C=O) groups excluding carboxylic acids is 2. The van der Waals surface area contributed by atoms with Crippen molar-refractivity contribution in [3.63, 3.8) is 0 Å². The van der Waals surface area contributed by atoms with Gasteiger partial charge in [-0.25, -0.2) is 22.8 Å². The first-order chi connectivity index (χ1) is 11.3. The van der Waals surface area contributed by atoms with Gasteiger partial charge in [0, 0.05) is 0 Å². The highest BCUT2D eigenvalue weighted by molar-refractivity contribution is 6.34.